The van der Waals surface area contributed by atoms with Crippen molar-refractivity contribution in [2.45, 2.75) is 47.7 Å². The highest BCUT2D eigenvalue weighted by atomic mass is 35.5. The molecule has 4 unspecified atom stereocenters. The summed E-state index contributed by atoms with van der Waals surface area (Å²) < 4.78 is 6.32. The first-order chi connectivity index (χ1) is 13.7. The predicted molar refractivity (Wildman–Crippen MR) is 122 cm³/mol. The number of hydrogen-bond acceptors (Lipinski definition) is 4. The topological polar surface area (TPSA) is 15.7 Å². The number of nitrogens with zero attached hydrogens (tertiary/aromatic N) is 2. The maximum Gasteiger partial charge on any atom is 0.0703 e. The van der Waals surface area contributed by atoms with Gasteiger partial charge in [0.2, 0.25) is 0 Å². The van der Waals surface area contributed by atoms with Crippen molar-refractivity contribution < 1.29 is 4.74 Å². The molecule has 6 rings (SSSR count). The summed E-state index contributed by atoms with van der Waals surface area (Å²) >= 11 is 1.90. The van der Waals surface area contributed by atoms with Crippen molar-refractivity contribution >= 4 is 35.5 Å². The molecule has 0 spiro atoms. The van der Waals surface area contributed by atoms with Crippen molar-refractivity contribution in [2.75, 3.05) is 31.1 Å². The number of fused-ring (bicyclic) bond motifs is 7. The molecule has 154 valence electrons. The summed E-state index contributed by atoms with van der Waals surface area (Å²) in [7, 11) is 0. The highest BCUT2D eigenvalue weighted by Crippen LogP contribution is 2.54. The lowest BCUT2D eigenvalue weighted by molar-refractivity contribution is -0.00308. The Labute approximate surface area is 184 Å². The summed E-state index contributed by atoms with van der Waals surface area (Å²) in [6.45, 7) is 7.12. The summed E-state index contributed by atoms with van der Waals surface area (Å²) in [5.41, 5.74) is 2.90. The van der Waals surface area contributed by atoms with Crippen LogP contribution in [0.15, 0.2) is 58.3 Å². The first-order valence-electron chi connectivity index (χ1n) is 10.7. The van der Waals surface area contributed by atoms with Gasteiger partial charge in [-0.05, 0) is 57.0 Å². The van der Waals surface area contributed by atoms with Crippen molar-refractivity contribution in [2.24, 2.45) is 11.8 Å². The van der Waals surface area contributed by atoms with Crippen LogP contribution in [0.5, 0.6) is 0 Å². The van der Waals surface area contributed by atoms with Gasteiger partial charge in [-0.3, -0.25) is 0 Å². The third-order valence-electron chi connectivity index (χ3n) is 7.44. The van der Waals surface area contributed by atoms with Gasteiger partial charge in [0.25, 0.3) is 0 Å². The van der Waals surface area contributed by atoms with Crippen LogP contribution in [-0.4, -0.2) is 42.8 Å². The summed E-state index contributed by atoms with van der Waals surface area (Å²) in [6.07, 6.45) is 4.29. The lowest BCUT2D eigenvalue weighted by Gasteiger charge is -2.33. The van der Waals surface area contributed by atoms with Crippen LogP contribution in [0.2, 0.25) is 0 Å². The van der Waals surface area contributed by atoms with Crippen LogP contribution in [0.4, 0.5) is 11.4 Å². The number of halogens is 1. The molecule has 0 aromatic heterocycles. The third kappa shape index (κ3) is 3.20. The van der Waals surface area contributed by atoms with Gasteiger partial charge in [-0.2, -0.15) is 0 Å². The van der Waals surface area contributed by atoms with Gasteiger partial charge in [0.05, 0.1) is 23.1 Å². The molecule has 29 heavy (non-hydrogen) atoms. The van der Waals surface area contributed by atoms with E-state index in [9.17, 15) is 0 Å². The van der Waals surface area contributed by atoms with Gasteiger partial charge in [-0.1, -0.05) is 36.0 Å². The molecule has 4 aliphatic heterocycles. The van der Waals surface area contributed by atoms with Crippen molar-refractivity contribution in [1.82, 2.24) is 4.90 Å². The molecule has 0 radical (unpaired) electrons. The SMILES string of the molecule is CC12CCC(O1)C1CN(CCCN3c4ccccc4Sc4ccccc43)CC12.Cl. The molecule has 0 N–H and O–H groups in total. The molecule has 2 bridgehead atoms. The Morgan fingerprint density at radius 3 is 2.38 bits per heavy atom. The Morgan fingerprint density at radius 1 is 1.00 bits per heavy atom. The Morgan fingerprint density at radius 2 is 1.69 bits per heavy atom. The molecule has 3 nitrogen and oxygen atoms in total. The van der Waals surface area contributed by atoms with E-state index in [0.717, 1.165) is 18.4 Å². The first kappa shape index (κ1) is 19.7. The van der Waals surface area contributed by atoms with Crippen molar-refractivity contribution in [3.8, 4) is 0 Å². The molecular formula is C24H29ClN2OS. The molecule has 4 aliphatic rings. The van der Waals surface area contributed by atoms with Gasteiger partial charge < -0.3 is 14.5 Å². The Kier molecular flexibility index (Phi) is 5.10. The monoisotopic (exact) mass is 428 g/mol. The van der Waals surface area contributed by atoms with E-state index in [4.69, 9.17) is 4.74 Å². The van der Waals surface area contributed by atoms with Gasteiger partial charge in [0.1, 0.15) is 0 Å². The summed E-state index contributed by atoms with van der Waals surface area (Å²) in [6, 6.07) is 17.7. The molecule has 2 aromatic rings. The lowest BCUT2D eigenvalue weighted by Crippen LogP contribution is -2.35. The van der Waals surface area contributed by atoms with E-state index in [0.29, 0.717) is 6.10 Å². The zero-order valence-electron chi connectivity index (χ0n) is 16.9. The predicted octanol–water partition coefficient (Wildman–Crippen LogP) is 5.60. The van der Waals surface area contributed by atoms with Crippen LogP contribution < -0.4 is 4.90 Å². The molecule has 0 aliphatic carbocycles. The number of rotatable bonds is 4. The molecule has 0 amide bonds. The van der Waals surface area contributed by atoms with E-state index in [1.54, 1.807) is 0 Å². The number of para-hydroxylation sites is 2. The maximum absolute atomic E-state index is 6.32. The summed E-state index contributed by atoms with van der Waals surface area (Å²) in [5.74, 6) is 1.55. The van der Waals surface area contributed by atoms with Crippen LogP contribution in [0.1, 0.15) is 26.2 Å². The second kappa shape index (κ2) is 7.49. The van der Waals surface area contributed by atoms with E-state index < -0.39 is 0 Å². The van der Waals surface area contributed by atoms with E-state index in [2.05, 4.69) is 65.3 Å². The molecule has 3 saturated heterocycles. The average Bonchev–Trinajstić information content (AvgIpc) is 3.38. The van der Waals surface area contributed by atoms with Gasteiger partial charge in [0, 0.05) is 41.3 Å². The second-order valence-corrected chi connectivity index (χ2v) is 10.2. The molecule has 3 fully saturated rings. The second-order valence-electron chi connectivity index (χ2n) is 9.08. The number of hydrogen-bond donors (Lipinski definition) is 0. The number of benzene rings is 2. The summed E-state index contributed by atoms with van der Waals surface area (Å²) in [4.78, 5) is 7.99. The van der Waals surface area contributed by atoms with E-state index in [1.807, 2.05) is 11.8 Å². The minimum atomic E-state index is 0. The Balaban J connectivity index is 0.00000181. The minimum absolute atomic E-state index is 0. The zero-order valence-corrected chi connectivity index (χ0v) is 18.6. The largest absolute Gasteiger partial charge is 0.371 e. The fraction of sp³-hybridized carbons (Fsp3) is 0.500. The average molecular weight is 429 g/mol. The standard InChI is InChI=1S/C24H28N2OS.ClH/c1-24-12-11-21(27-24)17-15-25(16-18(17)24)13-6-14-26-19-7-2-4-9-22(19)28-23-10-5-3-8-20(23)26;/h2-5,7-10,17-18,21H,6,11-16H2,1H3;1H. The first-order valence-corrected chi connectivity index (χ1v) is 11.6. The van der Waals surface area contributed by atoms with Gasteiger partial charge in [-0.15, -0.1) is 12.4 Å². The fourth-order valence-corrected chi connectivity index (χ4v) is 7.16. The minimum Gasteiger partial charge on any atom is -0.371 e. The number of anilines is 2. The Hall–Kier alpha value is -1.20. The van der Waals surface area contributed by atoms with Crippen molar-refractivity contribution in [1.29, 1.82) is 0 Å². The van der Waals surface area contributed by atoms with Gasteiger partial charge in [0.15, 0.2) is 0 Å². The summed E-state index contributed by atoms with van der Waals surface area (Å²) in [5, 5.41) is 0. The number of ether oxygens (including phenoxy) is 1. The molecule has 4 atom stereocenters. The van der Waals surface area contributed by atoms with E-state index in [-0.39, 0.29) is 18.0 Å². The van der Waals surface area contributed by atoms with Crippen LogP contribution in [-0.2, 0) is 4.74 Å². The highest BCUT2D eigenvalue weighted by molar-refractivity contribution is 7.99. The van der Waals surface area contributed by atoms with E-state index >= 15 is 0 Å². The molecule has 0 saturated carbocycles. The number of likely N-dealkylation sites (tertiary alicyclic amines) is 1. The lowest BCUT2D eigenvalue weighted by atomic mass is 9.75. The van der Waals surface area contributed by atoms with Gasteiger partial charge in [-0.25, -0.2) is 0 Å². The van der Waals surface area contributed by atoms with Crippen LogP contribution >= 0.6 is 24.2 Å². The maximum atomic E-state index is 6.32. The molecule has 5 heteroatoms. The Bertz CT molecular complexity index is 862. The molecular weight excluding hydrogens is 400 g/mol. The van der Waals surface area contributed by atoms with Gasteiger partial charge >= 0.3 is 0 Å². The van der Waals surface area contributed by atoms with Crippen LogP contribution in [0.25, 0.3) is 0 Å². The van der Waals surface area contributed by atoms with Crippen LogP contribution in [0.3, 0.4) is 0 Å². The normalized spacial score (nSPS) is 31.9. The molecule has 4 heterocycles. The van der Waals surface area contributed by atoms with Crippen molar-refractivity contribution in [3.05, 3.63) is 48.5 Å². The van der Waals surface area contributed by atoms with Crippen molar-refractivity contribution in [3.63, 3.8) is 0 Å². The fourth-order valence-electron chi connectivity index (χ4n) is 6.06. The van der Waals surface area contributed by atoms with E-state index in [1.165, 1.54) is 60.1 Å². The van der Waals surface area contributed by atoms with Crippen LogP contribution in [0, 0.1) is 11.8 Å². The highest BCUT2D eigenvalue weighted by Gasteiger charge is 2.59. The third-order valence-corrected chi connectivity index (χ3v) is 8.57. The zero-order chi connectivity index (χ0) is 18.7. The molecule has 2 aromatic carbocycles. The quantitative estimate of drug-likeness (QED) is 0.629. The smallest absolute Gasteiger partial charge is 0.0703 e.